The number of hydrogen-bond donors (Lipinski definition) is 1. The van der Waals surface area contributed by atoms with E-state index in [1.807, 2.05) is 0 Å². The Morgan fingerprint density at radius 2 is 1.58 bits per heavy atom. The Morgan fingerprint density at radius 3 is 2.04 bits per heavy atom. The molecular formula is C22H26FNO2. The minimum Gasteiger partial charge on any atom is -0.392 e. The molecule has 4 heteroatoms. The molecule has 0 saturated heterocycles. The van der Waals surface area contributed by atoms with Crippen molar-refractivity contribution in [3.63, 3.8) is 0 Å². The van der Waals surface area contributed by atoms with Crippen molar-refractivity contribution in [1.82, 2.24) is 4.98 Å². The van der Waals surface area contributed by atoms with Gasteiger partial charge in [0.15, 0.2) is 0 Å². The highest BCUT2D eigenvalue weighted by Crippen LogP contribution is 2.45. The lowest BCUT2D eigenvalue weighted by molar-refractivity contribution is 0.182. The van der Waals surface area contributed by atoms with E-state index < -0.39 is 0 Å². The molecular weight excluding hydrogens is 329 g/mol. The summed E-state index contributed by atoms with van der Waals surface area (Å²) in [6, 6.07) is 6.58. The van der Waals surface area contributed by atoms with Gasteiger partial charge in [-0.25, -0.2) is 4.39 Å². The van der Waals surface area contributed by atoms with Crippen LogP contribution >= 0.6 is 0 Å². The van der Waals surface area contributed by atoms with Crippen molar-refractivity contribution in [2.24, 2.45) is 0 Å². The van der Waals surface area contributed by atoms with Gasteiger partial charge in [-0.05, 0) is 48.9 Å². The Kier molecular flexibility index (Phi) is 5.05. The molecule has 1 aromatic heterocycles. The van der Waals surface area contributed by atoms with Crippen LogP contribution in [-0.2, 0) is 18.0 Å². The number of nitrogens with zero attached hydrogens (tertiary/aromatic N) is 1. The van der Waals surface area contributed by atoms with E-state index in [2.05, 4.69) is 0 Å². The average Bonchev–Trinajstić information content (AvgIpc) is 2.54. The quantitative estimate of drug-likeness (QED) is 0.787. The van der Waals surface area contributed by atoms with Gasteiger partial charge in [0, 0.05) is 41.5 Å². The molecule has 0 atom stereocenters. The molecule has 2 aromatic rings. The van der Waals surface area contributed by atoms with Crippen LogP contribution in [0.25, 0.3) is 11.1 Å². The molecule has 2 aliphatic carbocycles. The third kappa shape index (κ3) is 3.06. The number of pyridine rings is 1. The number of aliphatic hydroxyl groups excluding tert-OH is 1. The van der Waals surface area contributed by atoms with Crippen molar-refractivity contribution in [2.45, 2.75) is 63.6 Å². The Bertz CT molecular complexity index is 780. The summed E-state index contributed by atoms with van der Waals surface area (Å²) in [4.78, 5) is 5.10. The van der Waals surface area contributed by atoms with E-state index >= 15 is 0 Å². The van der Waals surface area contributed by atoms with E-state index in [4.69, 9.17) is 9.72 Å². The van der Waals surface area contributed by atoms with Gasteiger partial charge >= 0.3 is 0 Å². The fourth-order valence-corrected chi connectivity index (χ4v) is 4.16. The van der Waals surface area contributed by atoms with Crippen LogP contribution in [0.5, 0.6) is 0 Å². The Hall–Kier alpha value is -1.78. The Balaban J connectivity index is 1.95. The van der Waals surface area contributed by atoms with Crippen molar-refractivity contribution in [1.29, 1.82) is 0 Å². The summed E-state index contributed by atoms with van der Waals surface area (Å²) in [5.41, 5.74) is 6.10. The van der Waals surface area contributed by atoms with E-state index in [1.54, 1.807) is 19.2 Å². The predicted molar refractivity (Wildman–Crippen MR) is 99.5 cm³/mol. The van der Waals surface area contributed by atoms with Crippen LogP contribution in [0, 0.1) is 5.82 Å². The maximum absolute atomic E-state index is 13.5. The van der Waals surface area contributed by atoms with E-state index in [-0.39, 0.29) is 12.4 Å². The topological polar surface area (TPSA) is 42.4 Å². The number of ether oxygens (including phenoxy) is 1. The number of aromatic nitrogens is 1. The van der Waals surface area contributed by atoms with Gasteiger partial charge in [0.1, 0.15) is 5.82 Å². The second-order valence-corrected chi connectivity index (χ2v) is 7.57. The first-order chi connectivity index (χ1) is 12.7. The van der Waals surface area contributed by atoms with Gasteiger partial charge in [0.2, 0.25) is 0 Å². The summed E-state index contributed by atoms with van der Waals surface area (Å²) < 4.78 is 19.0. The molecule has 0 spiro atoms. The summed E-state index contributed by atoms with van der Waals surface area (Å²) in [6.45, 7) is 0.413. The maximum atomic E-state index is 13.5. The zero-order valence-corrected chi connectivity index (χ0v) is 15.3. The van der Waals surface area contributed by atoms with Gasteiger partial charge in [-0.15, -0.1) is 0 Å². The van der Waals surface area contributed by atoms with Crippen molar-refractivity contribution in [2.75, 3.05) is 7.11 Å². The average molecular weight is 355 g/mol. The standard InChI is InChI=1S/C22H26FNO2/c1-26-13-19-20(14-8-10-17(23)11-9-14)18(12-25)21(15-4-2-5-15)24-22(19)16-6-3-7-16/h8-11,15-16,25H,2-7,12-13H2,1H3. The van der Waals surface area contributed by atoms with Gasteiger partial charge < -0.3 is 9.84 Å². The molecule has 138 valence electrons. The minimum absolute atomic E-state index is 0.0484. The molecule has 0 aliphatic heterocycles. The van der Waals surface area contributed by atoms with Crippen LogP contribution in [-0.4, -0.2) is 17.2 Å². The molecule has 0 bridgehead atoms. The molecule has 2 saturated carbocycles. The molecule has 0 unspecified atom stereocenters. The first-order valence-electron chi connectivity index (χ1n) is 9.64. The molecule has 4 rings (SSSR count). The van der Waals surface area contributed by atoms with E-state index in [1.165, 1.54) is 25.0 Å². The number of benzene rings is 1. The lowest BCUT2D eigenvalue weighted by atomic mass is 9.75. The monoisotopic (exact) mass is 355 g/mol. The minimum atomic E-state index is -0.250. The number of methoxy groups -OCH3 is 1. The van der Waals surface area contributed by atoms with Crippen LogP contribution in [0.1, 0.15) is 72.9 Å². The summed E-state index contributed by atoms with van der Waals surface area (Å²) in [5, 5.41) is 10.2. The third-order valence-electron chi connectivity index (χ3n) is 6.03. The molecule has 1 heterocycles. The highest BCUT2D eigenvalue weighted by molar-refractivity contribution is 5.73. The number of aliphatic hydroxyl groups is 1. The van der Waals surface area contributed by atoms with Crippen molar-refractivity contribution < 1.29 is 14.2 Å². The van der Waals surface area contributed by atoms with Gasteiger partial charge in [-0.1, -0.05) is 25.0 Å². The van der Waals surface area contributed by atoms with E-state index in [0.29, 0.717) is 18.4 Å². The van der Waals surface area contributed by atoms with Gasteiger partial charge in [0.25, 0.3) is 0 Å². The summed E-state index contributed by atoms with van der Waals surface area (Å²) >= 11 is 0. The largest absolute Gasteiger partial charge is 0.392 e. The van der Waals surface area contributed by atoms with Crippen molar-refractivity contribution >= 4 is 0 Å². The molecule has 26 heavy (non-hydrogen) atoms. The summed E-state index contributed by atoms with van der Waals surface area (Å²) in [5.74, 6) is 0.665. The molecule has 3 nitrogen and oxygen atoms in total. The Labute approximate surface area is 154 Å². The first kappa shape index (κ1) is 17.6. The fourth-order valence-electron chi connectivity index (χ4n) is 4.16. The van der Waals surface area contributed by atoms with Crippen LogP contribution in [0.3, 0.4) is 0 Å². The highest BCUT2D eigenvalue weighted by atomic mass is 19.1. The molecule has 0 amide bonds. The molecule has 1 aromatic carbocycles. The third-order valence-corrected chi connectivity index (χ3v) is 6.03. The molecule has 0 radical (unpaired) electrons. The molecule has 2 aliphatic rings. The van der Waals surface area contributed by atoms with Crippen molar-refractivity contribution in [3.8, 4) is 11.1 Å². The van der Waals surface area contributed by atoms with Crippen molar-refractivity contribution in [3.05, 3.63) is 52.6 Å². The number of halogens is 1. The second kappa shape index (κ2) is 7.45. The normalized spacial score (nSPS) is 17.8. The number of hydrogen-bond acceptors (Lipinski definition) is 3. The fraction of sp³-hybridized carbons (Fsp3) is 0.500. The van der Waals surface area contributed by atoms with Crippen LogP contribution in [0.15, 0.2) is 24.3 Å². The van der Waals surface area contributed by atoms with Gasteiger partial charge in [-0.3, -0.25) is 4.98 Å². The SMILES string of the molecule is COCc1c(C2CCC2)nc(C2CCC2)c(CO)c1-c1ccc(F)cc1. The van der Waals surface area contributed by atoms with Crippen LogP contribution in [0.4, 0.5) is 4.39 Å². The molecule has 2 fully saturated rings. The summed E-state index contributed by atoms with van der Waals surface area (Å²) in [6.07, 6.45) is 7.06. The molecule has 1 N–H and O–H groups in total. The van der Waals surface area contributed by atoms with Crippen LogP contribution in [0.2, 0.25) is 0 Å². The Morgan fingerprint density at radius 1 is 1.00 bits per heavy atom. The smallest absolute Gasteiger partial charge is 0.123 e. The maximum Gasteiger partial charge on any atom is 0.123 e. The summed E-state index contributed by atoms with van der Waals surface area (Å²) in [7, 11) is 1.69. The number of rotatable bonds is 6. The predicted octanol–water partition coefficient (Wildman–Crippen LogP) is 5.06. The highest BCUT2D eigenvalue weighted by Gasteiger charge is 2.32. The zero-order chi connectivity index (χ0) is 18.1. The van der Waals surface area contributed by atoms with Gasteiger partial charge in [0.05, 0.1) is 13.2 Å². The zero-order valence-electron chi connectivity index (χ0n) is 15.3. The lowest BCUT2D eigenvalue weighted by Crippen LogP contribution is -2.21. The van der Waals surface area contributed by atoms with Crippen LogP contribution < -0.4 is 0 Å². The second-order valence-electron chi connectivity index (χ2n) is 7.57. The van der Waals surface area contributed by atoms with E-state index in [9.17, 15) is 9.50 Å². The first-order valence-corrected chi connectivity index (χ1v) is 9.64. The lowest BCUT2D eigenvalue weighted by Gasteiger charge is -2.33. The van der Waals surface area contributed by atoms with E-state index in [0.717, 1.165) is 59.3 Å². The van der Waals surface area contributed by atoms with Gasteiger partial charge in [-0.2, -0.15) is 0 Å².